The molecule has 0 bridgehead atoms. The third kappa shape index (κ3) is 2.80. The van der Waals surface area contributed by atoms with Gasteiger partial charge in [-0.3, -0.25) is 4.79 Å². The van der Waals surface area contributed by atoms with Crippen LogP contribution >= 0.6 is 0 Å². The van der Waals surface area contributed by atoms with Crippen molar-refractivity contribution in [3.63, 3.8) is 0 Å². The van der Waals surface area contributed by atoms with Crippen LogP contribution in [0, 0.1) is 11.8 Å². The SMILES string of the molecule is CC(C)C1(O)CN(C(=O)CCC2CCNC2)C1. The number of nitrogens with zero attached hydrogens (tertiary/aromatic N) is 1. The summed E-state index contributed by atoms with van der Waals surface area (Å²) in [6.45, 7) is 7.20. The maximum Gasteiger partial charge on any atom is 0.222 e. The van der Waals surface area contributed by atoms with Gasteiger partial charge in [0.05, 0.1) is 13.1 Å². The van der Waals surface area contributed by atoms with Gasteiger partial charge in [-0.1, -0.05) is 13.8 Å². The minimum absolute atomic E-state index is 0.210. The maximum absolute atomic E-state index is 11.9. The molecule has 98 valence electrons. The fourth-order valence-corrected chi connectivity index (χ4v) is 2.60. The summed E-state index contributed by atoms with van der Waals surface area (Å²) in [6, 6.07) is 0. The van der Waals surface area contributed by atoms with Gasteiger partial charge in [-0.05, 0) is 37.8 Å². The minimum atomic E-state index is -0.634. The van der Waals surface area contributed by atoms with Crippen molar-refractivity contribution in [1.29, 1.82) is 0 Å². The molecule has 0 radical (unpaired) electrons. The van der Waals surface area contributed by atoms with Gasteiger partial charge in [-0.25, -0.2) is 0 Å². The Balaban J connectivity index is 1.68. The minimum Gasteiger partial charge on any atom is -0.386 e. The Hall–Kier alpha value is -0.610. The van der Waals surface area contributed by atoms with Crippen molar-refractivity contribution in [3.8, 4) is 0 Å². The second-order valence-electron chi connectivity index (χ2n) is 5.91. The number of amides is 1. The second-order valence-corrected chi connectivity index (χ2v) is 5.91. The highest BCUT2D eigenvalue weighted by molar-refractivity contribution is 5.77. The topological polar surface area (TPSA) is 52.6 Å². The van der Waals surface area contributed by atoms with Crippen LogP contribution in [0.15, 0.2) is 0 Å². The van der Waals surface area contributed by atoms with E-state index < -0.39 is 5.60 Å². The van der Waals surface area contributed by atoms with E-state index in [2.05, 4.69) is 5.32 Å². The van der Waals surface area contributed by atoms with Gasteiger partial charge in [0.2, 0.25) is 5.91 Å². The number of hydrogen-bond acceptors (Lipinski definition) is 3. The summed E-state index contributed by atoms with van der Waals surface area (Å²) in [7, 11) is 0. The highest BCUT2D eigenvalue weighted by Gasteiger charge is 2.45. The molecular weight excluding hydrogens is 216 g/mol. The lowest BCUT2D eigenvalue weighted by Gasteiger charge is -2.49. The molecule has 2 aliphatic heterocycles. The standard InChI is InChI=1S/C13H24N2O2/c1-10(2)13(17)8-15(9-13)12(16)4-3-11-5-6-14-7-11/h10-11,14,17H,3-9H2,1-2H3. The van der Waals surface area contributed by atoms with Crippen molar-refractivity contribution in [2.75, 3.05) is 26.2 Å². The molecule has 2 heterocycles. The fourth-order valence-electron chi connectivity index (χ4n) is 2.60. The van der Waals surface area contributed by atoms with Crippen LogP contribution in [0.3, 0.4) is 0 Å². The summed E-state index contributed by atoms with van der Waals surface area (Å²) in [5, 5.41) is 13.4. The number of carbonyl (C=O) groups is 1. The predicted octanol–water partition coefficient (Wildman–Crippen LogP) is 0.605. The number of rotatable bonds is 4. The van der Waals surface area contributed by atoms with E-state index in [0.717, 1.165) is 19.5 Å². The highest BCUT2D eigenvalue weighted by atomic mass is 16.3. The van der Waals surface area contributed by atoms with Crippen LogP contribution in [-0.4, -0.2) is 47.7 Å². The molecule has 4 heteroatoms. The average molecular weight is 240 g/mol. The Morgan fingerprint density at radius 2 is 2.24 bits per heavy atom. The fraction of sp³-hybridized carbons (Fsp3) is 0.923. The molecule has 0 aromatic rings. The van der Waals surface area contributed by atoms with Gasteiger partial charge < -0.3 is 15.3 Å². The molecule has 17 heavy (non-hydrogen) atoms. The lowest BCUT2D eigenvalue weighted by molar-refractivity contribution is -0.164. The zero-order valence-electron chi connectivity index (χ0n) is 10.9. The van der Waals surface area contributed by atoms with Crippen molar-refractivity contribution in [3.05, 3.63) is 0 Å². The smallest absolute Gasteiger partial charge is 0.222 e. The van der Waals surface area contributed by atoms with Crippen LogP contribution in [0.1, 0.15) is 33.1 Å². The molecule has 2 rings (SSSR count). The van der Waals surface area contributed by atoms with Crippen LogP contribution in [0.25, 0.3) is 0 Å². The summed E-state index contributed by atoms with van der Waals surface area (Å²) in [5.74, 6) is 1.11. The Morgan fingerprint density at radius 1 is 1.53 bits per heavy atom. The van der Waals surface area contributed by atoms with Crippen molar-refractivity contribution >= 4 is 5.91 Å². The normalized spacial score (nSPS) is 27.3. The van der Waals surface area contributed by atoms with Gasteiger partial charge in [-0.2, -0.15) is 0 Å². The Bertz CT molecular complexity index is 279. The molecule has 0 saturated carbocycles. The van der Waals surface area contributed by atoms with E-state index in [1.807, 2.05) is 13.8 Å². The van der Waals surface area contributed by atoms with Gasteiger partial charge in [-0.15, -0.1) is 0 Å². The molecule has 1 amide bonds. The number of nitrogens with one attached hydrogen (secondary N) is 1. The zero-order chi connectivity index (χ0) is 12.5. The molecule has 2 saturated heterocycles. The van der Waals surface area contributed by atoms with Gasteiger partial charge >= 0.3 is 0 Å². The second kappa shape index (κ2) is 4.94. The van der Waals surface area contributed by atoms with Crippen LogP contribution in [0.4, 0.5) is 0 Å². The molecule has 2 aliphatic rings. The summed E-state index contributed by atoms with van der Waals surface area (Å²) < 4.78 is 0. The number of hydrogen-bond donors (Lipinski definition) is 2. The quantitative estimate of drug-likeness (QED) is 0.757. The number of β-amino-alcohol motifs (C(OH)–C–C–N with tert-alkyl or cyclic N) is 1. The first-order valence-corrected chi connectivity index (χ1v) is 6.72. The number of likely N-dealkylation sites (tertiary alicyclic amines) is 1. The molecule has 2 fully saturated rings. The Morgan fingerprint density at radius 3 is 2.76 bits per heavy atom. The van der Waals surface area contributed by atoms with E-state index in [0.29, 0.717) is 25.4 Å². The summed E-state index contributed by atoms with van der Waals surface area (Å²) in [5.41, 5.74) is -0.634. The van der Waals surface area contributed by atoms with Crippen LogP contribution in [0.5, 0.6) is 0 Å². The third-order valence-electron chi connectivity index (χ3n) is 4.29. The van der Waals surface area contributed by atoms with E-state index in [1.165, 1.54) is 6.42 Å². The van der Waals surface area contributed by atoms with Crippen LogP contribution < -0.4 is 5.32 Å². The molecule has 0 aliphatic carbocycles. The third-order valence-corrected chi connectivity index (χ3v) is 4.29. The van der Waals surface area contributed by atoms with Crippen molar-refractivity contribution in [1.82, 2.24) is 10.2 Å². The van der Waals surface area contributed by atoms with Gasteiger partial charge in [0.25, 0.3) is 0 Å². The summed E-state index contributed by atoms with van der Waals surface area (Å²) in [4.78, 5) is 13.7. The van der Waals surface area contributed by atoms with Crippen molar-refractivity contribution < 1.29 is 9.90 Å². The molecule has 1 atom stereocenters. The molecule has 0 aromatic carbocycles. The summed E-state index contributed by atoms with van der Waals surface area (Å²) in [6.07, 6.45) is 2.83. The molecule has 1 unspecified atom stereocenters. The van der Waals surface area contributed by atoms with Crippen molar-refractivity contribution in [2.24, 2.45) is 11.8 Å². The van der Waals surface area contributed by atoms with Crippen LogP contribution in [-0.2, 0) is 4.79 Å². The molecule has 2 N–H and O–H groups in total. The van der Waals surface area contributed by atoms with Crippen LogP contribution in [0.2, 0.25) is 0 Å². The monoisotopic (exact) mass is 240 g/mol. The largest absolute Gasteiger partial charge is 0.386 e. The molecule has 4 nitrogen and oxygen atoms in total. The van der Waals surface area contributed by atoms with Gasteiger partial charge in [0, 0.05) is 6.42 Å². The van der Waals surface area contributed by atoms with E-state index in [1.54, 1.807) is 4.90 Å². The lowest BCUT2D eigenvalue weighted by Crippen LogP contribution is -2.65. The van der Waals surface area contributed by atoms with Gasteiger partial charge in [0.15, 0.2) is 0 Å². The van der Waals surface area contributed by atoms with Crippen molar-refractivity contribution in [2.45, 2.75) is 38.7 Å². The van der Waals surface area contributed by atoms with E-state index in [4.69, 9.17) is 0 Å². The highest BCUT2D eigenvalue weighted by Crippen LogP contribution is 2.29. The number of aliphatic hydroxyl groups is 1. The first-order valence-electron chi connectivity index (χ1n) is 6.72. The predicted molar refractivity (Wildman–Crippen MR) is 66.6 cm³/mol. The van der Waals surface area contributed by atoms with E-state index >= 15 is 0 Å². The summed E-state index contributed by atoms with van der Waals surface area (Å²) >= 11 is 0. The lowest BCUT2D eigenvalue weighted by atomic mass is 9.82. The molecular formula is C13H24N2O2. The molecule has 0 aromatic heterocycles. The van der Waals surface area contributed by atoms with Gasteiger partial charge in [0.1, 0.15) is 5.60 Å². The van der Waals surface area contributed by atoms with E-state index in [9.17, 15) is 9.90 Å². The average Bonchev–Trinajstić information content (AvgIpc) is 2.73. The molecule has 0 spiro atoms. The Labute approximate surface area is 103 Å². The first-order chi connectivity index (χ1) is 8.01. The zero-order valence-corrected chi connectivity index (χ0v) is 10.9. The first kappa shape index (κ1) is 12.8. The van der Waals surface area contributed by atoms with E-state index in [-0.39, 0.29) is 11.8 Å². The Kier molecular flexibility index (Phi) is 3.73. The number of carbonyl (C=O) groups excluding carboxylic acids is 1. The maximum atomic E-state index is 11.9.